The Kier molecular flexibility index (Phi) is 3.62. The molecule has 2 atom stereocenters. The Balaban J connectivity index is 2.10. The van der Waals surface area contributed by atoms with Crippen LogP contribution in [0, 0.1) is 0 Å². The van der Waals surface area contributed by atoms with Gasteiger partial charge >= 0.3 is 0 Å². The molecule has 0 aliphatic heterocycles. The zero-order valence-electron chi connectivity index (χ0n) is 10.2. The number of amides is 1. The Morgan fingerprint density at radius 2 is 2.12 bits per heavy atom. The van der Waals surface area contributed by atoms with E-state index in [1.165, 1.54) is 10.5 Å². The fraction of sp³-hybridized carbons (Fsp3) is 0.462. The second-order valence-electron chi connectivity index (χ2n) is 4.54. The predicted octanol–water partition coefficient (Wildman–Crippen LogP) is 1.51. The molecule has 0 aromatic heterocycles. The van der Waals surface area contributed by atoms with Gasteiger partial charge in [-0.15, -0.1) is 0 Å². The summed E-state index contributed by atoms with van der Waals surface area (Å²) in [6, 6.07) is 8.10. The van der Waals surface area contributed by atoms with Crippen LogP contribution in [0.2, 0.25) is 0 Å². The van der Waals surface area contributed by atoms with Gasteiger partial charge < -0.3 is 4.90 Å². The molecule has 1 aromatic carbocycles. The first kappa shape index (κ1) is 12.3. The van der Waals surface area contributed by atoms with Crippen molar-refractivity contribution in [2.24, 2.45) is 0 Å². The molecule has 0 bridgehead atoms. The zero-order valence-corrected chi connectivity index (χ0v) is 11.0. The number of hydrogen-bond acceptors (Lipinski definition) is 2. The van der Waals surface area contributed by atoms with E-state index in [1.54, 1.807) is 14.1 Å². The van der Waals surface area contributed by atoms with Crippen LogP contribution >= 0.6 is 0 Å². The quantitative estimate of drug-likeness (QED) is 0.816. The van der Waals surface area contributed by atoms with Crippen LogP contribution in [-0.4, -0.2) is 34.9 Å². The molecule has 4 heteroatoms. The highest BCUT2D eigenvalue weighted by Gasteiger charge is 2.28. The second kappa shape index (κ2) is 5.00. The third-order valence-corrected chi connectivity index (χ3v) is 4.82. The summed E-state index contributed by atoms with van der Waals surface area (Å²) in [4.78, 5) is 13.1. The lowest BCUT2D eigenvalue weighted by molar-refractivity contribution is -0.125. The summed E-state index contributed by atoms with van der Waals surface area (Å²) < 4.78 is 12.2. The highest BCUT2D eigenvalue weighted by Crippen LogP contribution is 2.35. The number of hydrogen-bond donors (Lipinski definition) is 0. The molecule has 0 N–H and O–H groups in total. The first-order chi connectivity index (χ1) is 8.09. The Morgan fingerprint density at radius 1 is 1.41 bits per heavy atom. The number of rotatable bonds is 3. The van der Waals surface area contributed by atoms with Gasteiger partial charge in [0.1, 0.15) is 5.75 Å². The highest BCUT2D eigenvalue weighted by atomic mass is 32.2. The predicted molar refractivity (Wildman–Crippen MR) is 69.2 cm³/mol. The lowest BCUT2D eigenvalue weighted by Gasteiger charge is -2.14. The summed E-state index contributed by atoms with van der Waals surface area (Å²) in [5.41, 5.74) is 2.44. The first-order valence-electron chi connectivity index (χ1n) is 5.74. The monoisotopic (exact) mass is 251 g/mol. The normalized spacial score (nSPS) is 19.8. The molecular formula is C13H17NO2S. The molecule has 0 heterocycles. The topological polar surface area (TPSA) is 37.4 Å². The van der Waals surface area contributed by atoms with Gasteiger partial charge in [0.2, 0.25) is 5.91 Å². The molecular weight excluding hydrogens is 234 g/mol. The average Bonchev–Trinajstić information content (AvgIpc) is 2.72. The molecule has 0 radical (unpaired) electrons. The van der Waals surface area contributed by atoms with Crippen molar-refractivity contribution in [2.75, 3.05) is 19.8 Å². The fourth-order valence-corrected chi connectivity index (χ4v) is 3.74. The third kappa shape index (κ3) is 2.57. The number of carbonyl (C=O) groups excluding carboxylic acids is 1. The van der Waals surface area contributed by atoms with Gasteiger partial charge in [-0.05, 0) is 24.0 Å². The van der Waals surface area contributed by atoms with Gasteiger partial charge in [0.05, 0.1) is 5.25 Å². The number of aryl methyl sites for hydroxylation is 1. The van der Waals surface area contributed by atoms with E-state index in [0.29, 0.717) is 0 Å². The van der Waals surface area contributed by atoms with E-state index in [1.807, 2.05) is 18.2 Å². The van der Waals surface area contributed by atoms with Gasteiger partial charge in [-0.2, -0.15) is 0 Å². The van der Waals surface area contributed by atoms with Crippen molar-refractivity contribution in [3.05, 3.63) is 35.4 Å². The van der Waals surface area contributed by atoms with E-state index in [0.717, 1.165) is 18.4 Å². The van der Waals surface area contributed by atoms with Crippen molar-refractivity contribution in [1.29, 1.82) is 0 Å². The van der Waals surface area contributed by atoms with E-state index in [-0.39, 0.29) is 16.9 Å². The van der Waals surface area contributed by atoms with Crippen LogP contribution in [0.3, 0.4) is 0 Å². The summed E-state index contributed by atoms with van der Waals surface area (Å²) >= 11 is 0. The van der Waals surface area contributed by atoms with Gasteiger partial charge in [-0.1, -0.05) is 24.3 Å². The summed E-state index contributed by atoms with van der Waals surface area (Å²) in [5, 5.41) is 0.0371. The van der Waals surface area contributed by atoms with E-state index in [4.69, 9.17) is 0 Å². The van der Waals surface area contributed by atoms with Crippen molar-refractivity contribution < 1.29 is 9.00 Å². The molecule has 0 saturated heterocycles. The van der Waals surface area contributed by atoms with Gasteiger partial charge in [0, 0.05) is 24.9 Å². The van der Waals surface area contributed by atoms with Crippen molar-refractivity contribution in [3.8, 4) is 0 Å². The van der Waals surface area contributed by atoms with Gasteiger partial charge in [-0.25, -0.2) is 0 Å². The minimum atomic E-state index is -1.10. The second-order valence-corrected chi connectivity index (χ2v) is 6.16. The van der Waals surface area contributed by atoms with Gasteiger partial charge in [-0.3, -0.25) is 9.00 Å². The van der Waals surface area contributed by atoms with Crippen LogP contribution in [0.1, 0.15) is 22.8 Å². The number of benzene rings is 1. The van der Waals surface area contributed by atoms with Crippen LogP contribution in [0.4, 0.5) is 0 Å². The maximum atomic E-state index is 12.2. The maximum absolute atomic E-state index is 12.2. The zero-order chi connectivity index (χ0) is 12.4. The molecule has 3 nitrogen and oxygen atoms in total. The average molecular weight is 251 g/mol. The molecule has 0 unspecified atom stereocenters. The fourth-order valence-electron chi connectivity index (χ4n) is 2.14. The number of carbonyl (C=O) groups is 1. The standard InChI is InChI=1S/C13H17NO2S/c1-14(2)13(15)9-17(16)12-8-7-10-5-3-4-6-11(10)12/h3-6,12H,7-9H2,1-2H3/t12-,17-/m1/s1. The van der Waals surface area contributed by atoms with E-state index in [9.17, 15) is 9.00 Å². The molecule has 0 fully saturated rings. The van der Waals surface area contributed by atoms with Crippen LogP contribution in [0.25, 0.3) is 0 Å². The van der Waals surface area contributed by atoms with Crippen molar-refractivity contribution in [3.63, 3.8) is 0 Å². The molecule has 17 heavy (non-hydrogen) atoms. The Labute approximate surface area is 104 Å². The minimum Gasteiger partial charge on any atom is -0.348 e. The van der Waals surface area contributed by atoms with Crippen molar-refractivity contribution in [1.82, 2.24) is 4.90 Å². The molecule has 1 amide bonds. The van der Waals surface area contributed by atoms with E-state index < -0.39 is 10.8 Å². The number of nitrogens with zero attached hydrogens (tertiary/aromatic N) is 1. The molecule has 1 aromatic rings. The Hall–Kier alpha value is -1.16. The summed E-state index contributed by atoms with van der Waals surface area (Å²) in [6.07, 6.45) is 1.87. The molecule has 0 saturated carbocycles. The van der Waals surface area contributed by atoms with Gasteiger partial charge in [0.25, 0.3) is 0 Å². The van der Waals surface area contributed by atoms with Crippen molar-refractivity contribution >= 4 is 16.7 Å². The van der Waals surface area contributed by atoms with Crippen LogP contribution in [0.5, 0.6) is 0 Å². The summed E-state index contributed by atoms with van der Waals surface area (Å²) in [5.74, 6) is 0.0687. The molecule has 1 aliphatic carbocycles. The smallest absolute Gasteiger partial charge is 0.234 e. The van der Waals surface area contributed by atoms with Crippen LogP contribution in [-0.2, 0) is 22.0 Å². The lowest BCUT2D eigenvalue weighted by atomic mass is 10.1. The molecule has 0 spiro atoms. The third-order valence-electron chi connectivity index (χ3n) is 3.16. The van der Waals surface area contributed by atoms with E-state index in [2.05, 4.69) is 6.07 Å². The Bertz CT molecular complexity index is 456. The Morgan fingerprint density at radius 3 is 2.82 bits per heavy atom. The van der Waals surface area contributed by atoms with Crippen molar-refractivity contribution in [2.45, 2.75) is 18.1 Å². The largest absolute Gasteiger partial charge is 0.348 e. The molecule has 2 rings (SSSR count). The maximum Gasteiger partial charge on any atom is 0.234 e. The summed E-state index contributed by atoms with van der Waals surface area (Å²) in [6.45, 7) is 0. The van der Waals surface area contributed by atoms with Gasteiger partial charge in [0.15, 0.2) is 0 Å². The van der Waals surface area contributed by atoms with Crippen LogP contribution < -0.4 is 0 Å². The SMILES string of the molecule is CN(C)C(=O)C[S@@](=O)[C@@H]1CCc2ccccc21. The van der Waals surface area contributed by atoms with E-state index >= 15 is 0 Å². The molecule has 1 aliphatic rings. The van der Waals surface area contributed by atoms with Crippen LogP contribution in [0.15, 0.2) is 24.3 Å². The minimum absolute atomic E-state index is 0.0371. The summed E-state index contributed by atoms with van der Waals surface area (Å²) in [7, 11) is 2.29. The molecule has 92 valence electrons. The highest BCUT2D eigenvalue weighted by molar-refractivity contribution is 7.86. The number of fused-ring (bicyclic) bond motifs is 1. The first-order valence-corrected chi connectivity index (χ1v) is 7.13. The lowest BCUT2D eigenvalue weighted by Crippen LogP contribution is -2.28.